The van der Waals surface area contributed by atoms with Gasteiger partial charge in [0.1, 0.15) is 0 Å². The first-order valence-corrected chi connectivity index (χ1v) is 8.73. The van der Waals surface area contributed by atoms with Crippen molar-refractivity contribution in [3.8, 4) is 0 Å². The molecule has 1 aromatic carbocycles. The maximum atomic E-state index is 5.96. The van der Waals surface area contributed by atoms with Crippen molar-refractivity contribution in [2.45, 2.75) is 38.3 Å². The van der Waals surface area contributed by atoms with Gasteiger partial charge in [0.25, 0.3) is 0 Å². The summed E-state index contributed by atoms with van der Waals surface area (Å²) in [6.45, 7) is 4.62. The van der Waals surface area contributed by atoms with Gasteiger partial charge >= 0.3 is 0 Å². The Hall–Kier alpha value is -1.08. The Morgan fingerprint density at radius 3 is 2.67 bits per heavy atom. The van der Waals surface area contributed by atoms with Crippen molar-refractivity contribution in [2.24, 2.45) is 10.9 Å². The summed E-state index contributed by atoms with van der Waals surface area (Å²) in [6.07, 6.45) is 7.89. The van der Waals surface area contributed by atoms with Crippen LogP contribution in [0.4, 0.5) is 0 Å². The molecule has 1 aromatic rings. The Bertz CT molecular complexity index is 539. The van der Waals surface area contributed by atoms with Gasteiger partial charge in [-0.3, -0.25) is 4.99 Å². The average molecular weight is 441 g/mol. The number of hydrogen-bond acceptors (Lipinski definition) is 2. The average Bonchev–Trinajstić information content (AvgIpc) is 3.25. The SMILES string of the molecule is CCNC(=NCC1CCOC1c1ccccc1)NC1CC=CC1.I. The maximum absolute atomic E-state index is 5.96. The summed E-state index contributed by atoms with van der Waals surface area (Å²) in [5.74, 6) is 1.38. The molecular formula is C19H28IN3O. The van der Waals surface area contributed by atoms with Crippen molar-refractivity contribution >= 4 is 29.9 Å². The largest absolute Gasteiger partial charge is 0.373 e. The summed E-state index contributed by atoms with van der Waals surface area (Å²) in [4.78, 5) is 4.82. The second kappa shape index (κ2) is 10.0. The van der Waals surface area contributed by atoms with Gasteiger partial charge in [-0.2, -0.15) is 0 Å². The van der Waals surface area contributed by atoms with Gasteiger partial charge in [0.15, 0.2) is 5.96 Å². The zero-order valence-corrected chi connectivity index (χ0v) is 16.6. The molecule has 1 aliphatic heterocycles. The number of benzene rings is 1. The van der Waals surface area contributed by atoms with E-state index in [2.05, 4.69) is 60.0 Å². The number of halogens is 1. The first-order chi connectivity index (χ1) is 11.4. The minimum Gasteiger partial charge on any atom is -0.373 e. The van der Waals surface area contributed by atoms with Gasteiger partial charge in [0.05, 0.1) is 6.10 Å². The van der Waals surface area contributed by atoms with E-state index in [-0.39, 0.29) is 30.1 Å². The molecule has 2 N–H and O–H groups in total. The van der Waals surface area contributed by atoms with E-state index >= 15 is 0 Å². The van der Waals surface area contributed by atoms with Crippen molar-refractivity contribution in [1.29, 1.82) is 0 Å². The van der Waals surface area contributed by atoms with Crippen LogP contribution in [0, 0.1) is 5.92 Å². The Morgan fingerprint density at radius 1 is 1.21 bits per heavy atom. The molecule has 1 fully saturated rings. The highest BCUT2D eigenvalue weighted by atomic mass is 127. The van der Waals surface area contributed by atoms with Crippen molar-refractivity contribution in [3.05, 3.63) is 48.0 Å². The summed E-state index contributed by atoms with van der Waals surface area (Å²) in [5, 5.41) is 6.89. The predicted octanol–water partition coefficient (Wildman–Crippen LogP) is 3.66. The smallest absolute Gasteiger partial charge is 0.191 e. The lowest BCUT2D eigenvalue weighted by atomic mass is 9.95. The third-order valence-corrected chi connectivity index (χ3v) is 4.52. The molecule has 24 heavy (non-hydrogen) atoms. The molecule has 0 radical (unpaired) electrons. The van der Waals surface area contributed by atoms with Gasteiger partial charge in [0.2, 0.25) is 0 Å². The highest BCUT2D eigenvalue weighted by Crippen LogP contribution is 2.34. The molecule has 0 spiro atoms. The van der Waals surface area contributed by atoms with E-state index in [0.29, 0.717) is 12.0 Å². The molecule has 0 aromatic heterocycles. The van der Waals surface area contributed by atoms with Gasteiger partial charge in [-0.05, 0) is 31.7 Å². The Balaban J connectivity index is 0.00000208. The normalized spacial score (nSPS) is 24.0. The highest BCUT2D eigenvalue weighted by Gasteiger charge is 2.29. The molecule has 1 saturated heterocycles. The number of ether oxygens (including phenoxy) is 1. The third-order valence-electron chi connectivity index (χ3n) is 4.52. The molecule has 2 aliphatic rings. The van der Waals surface area contributed by atoms with E-state index < -0.39 is 0 Å². The van der Waals surface area contributed by atoms with Crippen LogP contribution in [0.2, 0.25) is 0 Å². The van der Waals surface area contributed by atoms with Crippen LogP contribution < -0.4 is 10.6 Å². The molecule has 132 valence electrons. The lowest BCUT2D eigenvalue weighted by Crippen LogP contribution is -2.42. The molecule has 5 heteroatoms. The van der Waals surface area contributed by atoms with Crippen LogP contribution >= 0.6 is 24.0 Å². The van der Waals surface area contributed by atoms with Crippen molar-refractivity contribution < 1.29 is 4.74 Å². The molecule has 0 saturated carbocycles. The van der Waals surface area contributed by atoms with Crippen molar-refractivity contribution in [2.75, 3.05) is 19.7 Å². The monoisotopic (exact) mass is 441 g/mol. The first-order valence-electron chi connectivity index (χ1n) is 8.73. The Kier molecular flexibility index (Phi) is 8.05. The topological polar surface area (TPSA) is 45.7 Å². The predicted molar refractivity (Wildman–Crippen MR) is 110 cm³/mol. The number of aliphatic imine (C=N–C) groups is 1. The molecule has 0 amide bonds. The number of nitrogens with zero attached hydrogens (tertiary/aromatic N) is 1. The first kappa shape index (κ1) is 19.2. The quantitative estimate of drug-likeness (QED) is 0.317. The van der Waals surface area contributed by atoms with Gasteiger partial charge in [-0.15, -0.1) is 24.0 Å². The van der Waals surface area contributed by atoms with Crippen LogP contribution in [-0.2, 0) is 4.74 Å². The minimum absolute atomic E-state index is 0. The number of nitrogens with one attached hydrogen (secondary N) is 2. The van der Waals surface area contributed by atoms with Crippen molar-refractivity contribution in [1.82, 2.24) is 10.6 Å². The van der Waals surface area contributed by atoms with Gasteiger partial charge in [-0.1, -0.05) is 42.5 Å². The molecular weight excluding hydrogens is 413 g/mol. The van der Waals surface area contributed by atoms with E-state index in [1.54, 1.807) is 0 Å². The second-order valence-electron chi connectivity index (χ2n) is 6.25. The zero-order chi connectivity index (χ0) is 15.9. The number of guanidine groups is 1. The third kappa shape index (κ3) is 5.21. The van der Waals surface area contributed by atoms with Crippen molar-refractivity contribution in [3.63, 3.8) is 0 Å². The summed E-state index contributed by atoms with van der Waals surface area (Å²) >= 11 is 0. The number of rotatable bonds is 5. The van der Waals surface area contributed by atoms with Crippen LogP contribution in [0.5, 0.6) is 0 Å². The summed E-state index contributed by atoms with van der Waals surface area (Å²) in [7, 11) is 0. The van der Waals surface area contributed by atoms with Crippen LogP contribution in [0.3, 0.4) is 0 Å². The molecule has 2 atom stereocenters. The Labute approximate surface area is 162 Å². The lowest BCUT2D eigenvalue weighted by molar-refractivity contribution is 0.0925. The number of hydrogen-bond donors (Lipinski definition) is 2. The molecule has 4 nitrogen and oxygen atoms in total. The maximum Gasteiger partial charge on any atom is 0.191 e. The Morgan fingerprint density at radius 2 is 1.96 bits per heavy atom. The van der Waals surface area contributed by atoms with E-state index in [4.69, 9.17) is 9.73 Å². The fraction of sp³-hybridized carbons (Fsp3) is 0.526. The van der Waals surface area contributed by atoms with E-state index in [1.807, 2.05) is 0 Å². The fourth-order valence-electron chi connectivity index (χ4n) is 3.29. The van der Waals surface area contributed by atoms with Gasteiger partial charge in [-0.25, -0.2) is 0 Å². The van der Waals surface area contributed by atoms with E-state index in [0.717, 1.165) is 44.9 Å². The van der Waals surface area contributed by atoms with Gasteiger partial charge in [0, 0.05) is 31.7 Å². The lowest BCUT2D eigenvalue weighted by Gasteiger charge is -2.20. The highest BCUT2D eigenvalue weighted by molar-refractivity contribution is 14.0. The second-order valence-corrected chi connectivity index (χ2v) is 6.25. The summed E-state index contributed by atoms with van der Waals surface area (Å²) in [6, 6.07) is 11.0. The van der Waals surface area contributed by atoms with Crippen LogP contribution in [-0.4, -0.2) is 31.7 Å². The summed E-state index contributed by atoms with van der Waals surface area (Å²) < 4.78 is 5.96. The molecule has 0 bridgehead atoms. The van der Waals surface area contributed by atoms with Gasteiger partial charge < -0.3 is 15.4 Å². The van der Waals surface area contributed by atoms with Crippen LogP contribution in [0.25, 0.3) is 0 Å². The van der Waals surface area contributed by atoms with E-state index in [9.17, 15) is 0 Å². The molecule has 1 heterocycles. The summed E-state index contributed by atoms with van der Waals surface area (Å²) in [5.41, 5.74) is 1.27. The van der Waals surface area contributed by atoms with Crippen LogP contribution in [0.1, 0.15) is 37.9 Å². The standard InChI is InChI=1S/C19H27N3O.HI/c1-2-20-19(22-17-10-6-7-11-17)21-14-16-12-13-23-18(16)15-8-4-3-5-9-15;/h3-9,16-18H,2,10-14H2,1H3,(H2,20,21,22);1H. The fourth-order valence-corrected chi connectivity index (χ4v) is 3.29. The molecule has 1 aliphatic carbocycles. The molecule has 3 rings (SSSR count). The van der Waals surface area contributed by atoms with E-state index in [1.165, 1.54) is 5.56 Å². The minimum atomic E-state index is 0. The molecule has 2 unspecified atom stereocenters. The van der Waals surface area contributed by atoms with Crippen LogP contribution in [0.15, 0.2) is 47.5 Å². The zero-order valence-electron chi connectivity index (χ0n) is 14.3.